The summed E-state index contributed by atoms with van der Waals surface area (Å²) >= 11 is 1.67. The van der Waals surface area contributed by atoms with Crippen molar-refractivity contribution in [2.75, 3.05) is 32.0 Å². The molecular formula is C18H27N4O3S+. The number of thiophene rings is 1. The summed E-state index contributed by atoms with van der Waals surface area (Å²) in [6.45, 7) is 9.46. The van der Waals surface area contributed by atoms with E-state index >= 15 is 0 Å². The standard InChI is InChI=1S/C18H26N4O3S/c1-11(2)10-22-16(19)14(17(23)20-18(22)24)15(13-5-4-12(3)26-13)21-6-8-25-9-7-21/h4-5,11,15H,6-10,19H2,1-3H3,(H,20,23,24)/p+1/t15-/m0/s1. The molecule has 3 rings (SSSR count). The number of nitrogen functional groups attached to an aromatic ring is 1. The van der Waals surface area contributed by atoms with E-state index in [1.807, 2.05) is 20.8 Å². The fraction of sp³-hybridized carbons (Fsp3) is 0.556. The van der Waals surface area contributed by atoms with Crippen LogP contribution in [0.25, 0.3) is 0 Å². The molecule has 142 valence electrons. The number of ether oxygens (including phenoxy) is 1. The van der Waals surface area contributed by atoms with Crippen molar-refractivity contribution in [3.8, 4) is 0 Å². The fourth-order valence-corrected chi connectivity index (χ4v) is 4.55. The molecule has 1 aliphatic heterocycles. The topological polar surface area (TPSA) is 94.5 Å². The van der Waals surface area contributed by atoms with Gasteiger partial charge in [0.15, 0.2) is 6.04 Å². The molecule has 0 bridgehead atoms. The number of hydrogen-bond acceptors (Lipinski definition) is 5. The van der Waals surface area contributed by atoms with E-state index in [4.69, 9.17) is 10.5 Å². The summed E-state index contributed by atoms with van der Waals surface area (Å²) < 4.78 is 6.99. The van der Waals surface area contributed by atoms with Crippen LogP contribution in [0.3, 0.4) is 0 Å². The van der Waals surface area contributed by atoms with Gasteiger partial charge < -0.3 is 15.4 Å². The minimum absolute atomic E-state index is 0.194. The van der Waals surface area contributed by atoms with Crippen LogP contribution < -0.4 is 21.9 Å². The van der Waals surface area contributed by atoms with Crippen LogP contribution in [0.1, 0.15) is 35.2 Å². The third-order valence-electron chi connectivity index (χ3n) is 4.70. The molecule has 0 aliphatic carbocycles. The Morgan fingerprint density at radius 2 is 2.00 bits per heavy atom. The number of H-pyrrole nitrogens is 1. The molecule has 0 radical (unpaired) electrons. The number of aromatic amines is 1. The number of nitrogens with two attached hydrogens (primary N) is 1. The van der Waals surface area contributed by atoms with Crippen LogP contribution in [0.4, 0.5) is 5.82 Å². The zero-order chi connectivity index (χ0) is 18.8. The third kappa shape index (κ3) is 3.77. The number of morpholine rings is 1. The summed E-state index contributed by atoms with van der Waals surface area (Å²) in [4.78, 5) is 31.1. The lowest BCUT2D eigenvalue weighted by atomic mass is 10.0. The van der Waals surface area contributed by atoms with E-state index < -0.39 is 5.69 Å². The Morgan fingerprint density at radius 3 is 2.58 bits per heavy atom. The van der Waals surface area contributed by atoms with Crippen LogP contribution in [0, 0.1) is 12.8 Å². The average molecular weight is 380 g/mol. The van der Waals surface area contributed by atoms with Gasteiger partial charge in [0.1, 0.15) is 24.5 Å². The number of nitrogens with zero attached hydrogens (tertiary/aromatic N) is 1. The van der Waals surface area contributed by atoms with E-state index in [1.54, 1.807) is 11.3 Å². The maximum absolute atomic E-state index is 12.8. The van der Waals surface area contributed by atoms with Crippen molar-refractivity contribution in [3.63, 3.8) is 0 Å². The van der Waals surface area contributed by atoms with Gasteiger partial charge in [0.25, 0.3) is 5.56 Å². The smallest absolute Gasteiger partial charge is 0.329 e. The molecule has 1 saturated heterocycles. The minimum atomic E-state index is -0.442. The zero-order valence-corrected chi connectivity index (χ0v) is 16.3. The molecular weight excluding hydrogens is 352 g/mol. The molecule has 3 heterocycles. The lowest BCUT2D eigenvalue weighted by Gasteiger charge is -2.31. The normalized spacial score (nSPS) is 16.9. The van der Waals surface area contributed by atoms with Crippen LogP contribution in [-0.2, 0) is 11.3 Å². The van der Waals surface area contributed by atoms with Gasteiger partial charge in [0, 0.05) is 11.4 Å². The first kappa shape index (κ1) is 18.9. The molecule has 2 aromatic rings. The Balaban J connectivity index is 2.17. The van der Waals surface area contributed by atoms with Crippen molar-refractivity contribution in [1.29, 1.82) is 0 Å². The highest BCUT2D eigenvalue weighted by Crippen LogP contribution is 2.27. The van der Waals surface area contributed by atoms with Gasteiger partial charge >= 0.3 is 5.69 Å². The van der Waals surface area contributed by atoms with Crippen LogP contribution in [0.5, 0.6) is 0 Å². The zero-order valence-electron chi connectivity index (χ0n) is 15.5. The van der Waals surface area contributed by atoms with Crippen molar-refractivity contribution in [1.82, 2.24) is 9.55 Å². The van der Waals surface area contributed by atoms with Gasteiger partial charge in [-0.25, -0.2) is 4.79 Å². The highest BCUT2D eigenvalue weighted by Gasteiger charge is 2.34. The van der Waals surface area contributed by atoms with Gasteiger partial charge in [-0.1, -0.05) is 13.8 Å². The van der Waals surface area contributed by atoms with Crippen LogP contribution in [-0.4, -0.2) is 35.9 Å². The number of hydrogen-bond donors (Lipinski definition) is 3. The van der Waals surface area contributed by atoms with Crippen molar-refractivity contribution < 1.29 is 9.64 Å². The SMILES string of the molecule is Cc1ccc([C@@H](c2c(N)n(CC(C)C)c(=O)[nH]c2=O)[NH+]2CCOCC2)s1. The molecule has 1 aliphatic rings. The Hall–Kier alpha value is -1.90. The molecule has 1 fully saturated rings. The molecule has 0 unspecified atom stereocenters. The molecule has 2 aromatic heterocycles. The molecule has 0 amide bonds. The van der Waals surface area contributed by atoms with Crippen molar-refractivity contribution >= 4 is 17.2 Å². The largest absolute Gasteiger partial charge is 0.384 e. The van der Waals surface area contributed by atoms with Gasteiger partial charge in [0.05, 0.1) is 18.1 Å². The maximum atomic E-state index is 12.8. The van der Waals surface area contributed by atoms with E-state index in [1.165, 1.54) is 14.3 Å². The van der Waals surface area contributed by atoms with Gasteiger partial charge in [-0.15, -0.1) is 11.3 Å². The minimum Gasteiger partial charge on any atom is -0.384 e. The summed E-state index contributed by atoms with van der Waals surface area (Å²) in [6.07, 6.45) is 0. The molecule has 4 N–H and O–H groups in total. The Morgan fingerprint density at radius 1 is 1.31 bits per heavy atom. The first-order chi connectivity index (χ1) is 12.4. The van der Waals surface area contributed by atoms with Gasteiger partial charge in [-0.3, -0.25) is 14.3 Å². The number of quaternary nitrogens is 1. The lowest BCUT2D eigenvalue weighted by Crippen LogP contribution is -3.14. The summed E-state index contributed by atoms with van der Waals surface area (Å²) in [5, 5.41) is 0. The molecule has 8 heteroatoms. The maximum Gasteiger partial charge on any atom is 0.329 e. The van der Waals surface area contributed by atoms with E-state index in [2.05, 4.69) is 17.1 Å². The Bertz CT molecular complexity index is 877. The molecule has 0 saturated carbocycles. The van der Waals surface area contributed by atoms with E-state index in [0.717, 1.165) is 18.0 Å². The second-order valence-corrected chi connectivity index (χ2v) is 8.53. The number of aryl methyl sites for hydroxylation is 1. The second kappa shape index (κ2) is 7.77. The van der Waals surface area contributed by atoms with Crippen LogP contribution in [0.2, 0.25) is 0 Å². The first-order valence-corrected chi connectivity index (χ1v) is 9.81. The number of rotatable bonds is 5. The molecule has 0 spiro atoms. The number of nitrogens with one attached hydrogen (secondary N) is 2. The third-order valence-corrected chi connectivity index (χ3v) is 5.77. The first-order valence-electron chi connectivity index (χ1n) is 8.99. The van der Waals surface area contributed by atoms with Crippen LogP contribution in [0.15, 0.2) is 21.7 Å². The Labute approximate surface area is 156 Å². The monoisotopic (exact) mass is 379 g/mol. The van der Waals surface area contributed by atoms with Crippen molar-refractivity contribution in [2.45, 2.75) is 33.4 Å². The highest BCUT2D eigenvalue weighted by atomic mass is 32.1. The molecule has 7 nitrogen and oxygen atoms in total. The summed E-state index contributed by atoms with van der Waals surface area (Å²) in [5.74, 6) is 0.523. The van der Waals surface area contributed by atoms with Gasteiger partial charge in [0.2, 0.25) is 0 Å². The summed E-state index contributed by atoms with van der Waals surface area (Å²) in [5.41, 5.74) is 6.05. The van der Waals surface area contributed by atoms with Crippen LogP contribution >= 0.6 is 11.3 Å². The molecule has 26 heavy (non-hydrogen) atoms. The van der Waals surface area contributed by atoms with Gasteiger partial charge in [-0.05, 0) is 25.0 Å². The fourth-order valence-electron chi connectivity index (χ4n) is 3.51. The van der Waals surface area contributed by atoms with Crippen molar-refractivity contribution in [3.05, 3.63) is 48.3 Å². The predicted octanol–water partition coefficient (Wildman–Crippen LogP) is 0.149. The second-order valence-electron chi connectivity index (χ2n) is 7.21. The van der Waals surface area contributed by atoms with E-state index in [9.17, 15) is 9.59 Å². The van der Waals surface area contributed by atoms with E-state index in [0.29, 0.717) is 25.3 Å². The number of anilines is 1. The summed E-state index contributed by atoms with van der Waals surface area (Å²) in [7, 11) is 0. The average Bonchev–Trinajstić information content (AvgIpc) is 3.02. The van der Waals surface area contributed by atoms with Gasteiger partial charge in [-0.2, -0.15) is 0 Å². The molecule has 0 aromatic carbocycles. The quantitative estimate of drug-likeness (QED) is 0.689. The highest BCUT2D eigenvalue weighted by molar-refractivity contribution is 7.12. The van der Waals surface area contributed by atoms with E-state index in [-0.39, 0.29) is 23.3 Å². The summed E-state index contributed by atoms with van der Waals surface area (Å²) in [6, 6.07) is 3.92. The van der Waals surface area contributed by atoms with Crippen molar-refractivity contribution in [2.24, 2.45) is 5.92 Å². The lowest BCUT2D eigenvalue weighted by molar-refractivity contribution is -0.932. The number of aromatic nitrogens is 2. The molecule has 1 atom stereocenters. The predicted molar refractivity (Wildman–Crippen MR) is 103 cm³/mol. The Kier molecular flexibility index (Phi) is 5.64.